The normalized spacial score (nSPS) is 11.9. The van der Waals surface area contributed by atoms with Crippen LogP contribution in [0.1, 0.15) is 19.7 Å². The molecular formula is C5H10N4O. The second-order valence-corrected chi connectivity index (χ2v) is 2.68. The van der Waals surface area contributed by atoms with Gasteiger partial charge in [0.1, 0.15) is 0 Å². The van der Waals surface area contributed by atoms with Gasteiger partial charge in [-0.2, -0.15) is 4.98 Å². The lowest BCUT2D eigenvalue weighted by Crippen LogP contribution is -2.30. The first-order valence-electron chi connectivity index (χ1n) is 2.88. The van der Waals surface area contributed by atoms with Crippen molar-refractivity contribution in [3.63, 3.8) is 0 Å². The summed E-state index contributed by atoms with van der Waals surface area (Å²) >= 11 is 0. The van der Waals surface area contributed by atoms with E-state index in [9.17, 15) is 0 Å². The van der Waals surface area contributed by atoms with E-state index in [1.165, 1.54) is 0 Å². The Morgan fingerprint density at radius 1 is 1.50 bits per heavy atom. The molecule has 0 saturated heterocycles. The summed E-state index contributed by atoms with van der Waals surface area (Å²) in [5.74, 6) is 0.421. The average molecular weight is 142 g/mol. The van der Waals surface area contributed by atoms with E-state index in [4.69, 9.17) is 11.5 Å². The first kappa shape index (κ1) is 7.01. The summed E-state index contributed by atoms with van der Waals surface area (Å²) in [5.41, 5.74) is 10.2. The maximum Gasteiger partial charge on any atom is 0.318 e. The van der Waals surface area contributed by atoms with Crippen LogP contribution >= 0.6 is 0 Å². The Bertz CT molecular complexity index is 224. The molecule has 1 heterocycles. The maximum absolute atomic E-state index is 5.63. The summed E-state index contributed by atoms with van der Waals surface area (Å²) in [5, 5.41) is 3.55. The third-order valence-electron chi connectivity index (χ3n) is 1.02. The molecule has 0 aliphatic rings. The molecule has 4 N–H and O–H groups in total. The first-order chi connectivity index (χ1) is 4.50. The molecule has 1 rings (SSSR count). The number of hydrogen-bond donors (Lipinski definition) is 2. The van der Waals surface area contributed by atoms with E-state index in [0.29, 0.717) is 5.82 Å². The second-order valence-electron chi connectivity index (χ2n) is 2.68. The zero-order valence-electron chi connectivity index (χ0n) is 5.96. The zero-order valence-corrected chi connectivity index (χ0v) is 5.96. The molecule has 0 aliphatic heterocycles. The lowest BCUT2D eigenvalue weighted by molar-refractivity contribution is 0.400. The molecule has 0 radical (unpaired) electrons. The molecule has 0 aliphatic carbocycles. The van der Waals surface area contributed by atoms with Gasteiger partial charge in [-0.3, -0.25) is 0 Å². The number of hydrogen-bond acceptors (Lipinski definition) is 5. The largest absolute Gasteiger partial charge is 0.351 e. The van der Waals surface area contributed by atoms with Crippen molar-refractivity contribution in [3.05, 3.63) is 5.82 Å². The van der Waals surface area contributed by atoms with Gasteiger partial charge in [-0.05, 0) is 13.8 Å². The summed E-state index contributed by atoms with van der Waals surface area (Å²) in [4.78, 5) is 3.76. The lowest BCUT2D eigenvalue weighted by Gasteiger charge is -2.10. The summed E-state index contributed by atoms with van der Waals surface area (Å²) < 4.78 is 4.53. The molecule has 5 heteroatoms. The molecule has 56 valence electrons. The van der Waals surface area contributed by atoms with Crippen LogP contribution in [0, 0.1) is 0 Å². The maximum atomic E-state index is 5.63. The van der Waals surface area contributed by atoms with E-state index in [1.807, 2.05) is 0 Å². The van der Waals surface area contributed by atoms with Gasteiger partial charge in [-0.25, -0.2) is 0 Å². The summed E-state index contributed by atoms with van der Waals surface area (Å²) in [7, 11) is 0. The van der Waals surface area contributed by atoms with Gasteiger partial charge in [-0.15, -0.1) is 0 Å². The van der Waals surface area contributed by atoms with Crippen molar-refractivity contribution in [2.45, 2.75) is 19.4 Å². The highest BCUT2D eigenvalue weighted by Crippen LogP contribution is 2.12. The highest BCUT2D eigenvalue weighted by Gasteiger charge is 2.20. The average Bonchev–Trinajstić information content (AvgIpc) is 2.11. The smallest absolute Gasteiger partial charge is 0.318 e. The molecule has 0 spiro atoms. The van der Waals surface area contributed by atoms with Crippen LogP contribution in [0.25, 0.3) is 0 Å². The summed E-state index contributed by atoms with van der Waals surface area (Å²) in [6.45, 7) is 3.55. The Kier molecular flexibility index (Phi) is 1.37. The van der Waals surface area contributed by atoms with Gasteiger partial charge in [0.25, 0.3) is 0 Å². The molecule has 10 heavy (non-hydrogen) atoms. The summed E-state index contributed by atoms with van der Waals surface area (Å²) in [6.07, 6.45) is 0. The van der Waals surface area contributed by atoms with E-state index in [2.05, 4.69) is 14.7 Å². The van der Waals surface area contributed by atoms with Crippen LogP contribution in [0.3, 0.4) is 0 Å². The molecule has 5 nitrogen and oxygen atoms in total. The van der Waals surface area contributed by atoms with Crippen LogP contribution in [-0.2, 0) is 5.54 Å². The summed E-state index contributed by atoms with van der Waals surface area (Å²) in [6, 6.07) is 0.0496. The first-order valence-corrected chi connectivity index (χ1v) is 2.88. The number of nitrogens with two attached hydrogens (primary N) is 2. The Labute approximate surface area is 58.4 Å². The van der Waals surface area contributed by atoms with Crippen molar-refractivity contribution in [1.29, 1.82) is 0 Å². The van der Waals surface area contributed by atoms with Crippen molar-refractivity contribution in [3.8, 4) is 0 Å². The van der Waals surface area contributed by atoms with Gasteiger partial charge < -0.3 is 16.0 Å². The molecule has 1 aromatic heterocycles. The van der Waals surface area contributed by atoms with Crippen molar-refractivity contribution in [1.82, 2.24) is 10.1 Å². The second kappa shape index (κ2) is 1.95. The number of aromatic nitrogens is 2. The van der Waals surface area contributed by atoms with Gasteiger partial charge >= 0.3 is 6.01 Å². The van der Waals surface area contributed by atoms with Crippen molar-refractivity contribution < 1.29 is 4.52 Å². The highest BCUT2D eigenvalue weighted by molar-refractivity contribution is 5.11. The van der Waals surface area contributed by atoms with Gasteiger partial charge in [0.2, 0.25) is 0 Å². The molecule has 0 fully saturated rings. The van der Waals surface area contributed by atoms with Crippen LogP contribution in [0.2, 0.25) is 0 Å². The Morgan fingerprint density at radius 2 is 2.10 bits per heavy atom. The van der Waals surface area contributed by atoms with Crippen LogP contribution in [0.5, 0.6) is 0 Å². The molecular weight excluding hydrogens is 132 g/mol. The Morgan fingerprint density at radius 3 is 2.30 bits per heavy atom. The fourth-order valence-electron chi connectivity index (χ4n) is 0.497. The van der Waals surface area contributed by atoms with Crippen molar-refractivity contribution in [2.75, 3.05) is 5.73 Å². The Balaban J connectivity index is 2.96. The minimum absolute atomic E-state index is 0.0496. The van der Waals surface area contributed by atoms with E-state index in [1.54, 1.807) is 13.8 Å². The van der Waals surface area contributed by atoms with Crippen molar-refractivity contribution in [2.24, 2.45) is 5.73 Å². The monoisotopic (exact) mass is 142 g/mol. The molecule has 0 bridgehead atoms. The number of rotatable bonds is 1. The standard InChI is InChI=1S/C5H10N4O/c1-5(2,7)3-8-4(6)10-9-3/h7H2,1-2H3,(H2,6,8,9). The minimum atomic E-state index is -0.582. The quantitative estimate of drug-likeness (QED) is 0.568. The van der Waals surface area contributed by atoms with Crippen molar-refractivity contribution >= 4 is 6.01 Å². The highest BCUT2D eigenvalue weighted by atomic mass is 16.5. The van der Waals surface area contributed by atoms with Crippen LogP contribution in [0.15, 0.2) is 4.52 Å². The Hall–Kier alpha value is -1.10. The minimum Gasteiger partial charge on any atom is -0.351 e. The van der Waals surface area contributed by atoms with Gasteiger partial charge in [0.15, 0.2) is 5.82 Å². The van der Waals surface area contributed by atoms with E-state index >= 15 is 0 Å². The third kappa shape index (κ3) is 1.24. The van der Waals surface area contributed by atoms with Crippen LogP contribution in [-0.4, -0.2) is 10.1 Å². The van der Waals surface area contributed by atoms with Gasteiger partial charge in [0, 0.05) is 0 Å². The number of anilines is 1. The van der Waals surface area contributed by atoms with E-state index < -0.39 is 5.54 Å². The molecule has 0 amide bonds. The number of nitrogen functional groups attached to an aromatic ring is 1. The van der Waals surface area contributed by atoms with Gasteiger partial charge in [0.05, 0.1) is 5.54 Å². The molecule has 0 atom stereocenters. The topological polar surface area (TPSA) is 91.0 Å². The molecule has 0 saturated carbocycles. The molecule has 0 unspecified atom stereocenters. The third-order valence-corrected chi connectivity index (χ3v) is 1.02. The predicted octanol–water partition coefficient (Wildman–Crippen LogP) is -0.154. The molecule has 1 aromatic rings. The lowest BCUT2D eigenvalue weighted by atomic mass is 10.1. The van der Waals surface area contributed by atoms with Crippen LogP contribution < -0.4 is 11.5 Å². The van der Waals surface area contributed by atoms with Gasteiger partial charge in [-0.1, -0.05) is 5.16 Å². The van der Waals surface area contributed by atoms with Crippen LogP contribution in [0.4, 0.5) is 6.01 Å². The van der Waals surface area contributed by atoms with E-state index in [0.717, 1.165) is 0 Å². The van der Waals surface area contributed by atoms with E-state index in [-0.39, 0.29) is 6.01 Å². The SMILES string of the molecule is CC(C)(N)c1noc(N)n1. The number of nitrogens with zero attached hydrogens (tertiary/aromatic N) is 2. The molecule has 0 aromatic carbocycles. The fraction of sp³-hybridized carbons (Fsp3) is 0.600. The predicted molar refractivity (Wildman–Crippen MR) is 35.9 cm³/mol. The zero-order chi connectivity index (χ0) is 7.78. The fourth-order valence-corrected chi connectivity index (χ4v) is 0.497.